The second-order valence-corrected chi connectivity index (χ2v) is 10.8. The number of piperidine rings is 2. The summed E-state index contributed by atoms with van der Waals surface area (Å²) in [6.45, 7) is 6.03. The van der Waals surface area contributed by atoms with Gasteiger partial charge in [0.25, 0.3) is 10.0 Å². The number of rotatable bonds is 7. The van der Waals surface area contributed by atoms with Crippen molar-refractivity contribution < 1.29 is 13.2 Å². The standard InChI is InChI=1S/C19H31N3O3S2/c1-16-5-2-3-10-21(16)13-9-20-18(23)15-17-7-11-22(12-8-17)27(24,25)19-6-4-14-26-19/h4,6,14,16-17H,2-3,5,7-13,15H2,1H3,(H,20,23). The molecule has 1 aromatic heterocycles. The highest BCUT2D eigenvalue weighted by molar-refractivity contribution is 7.91. The first-order chi connectivity index (χ1) is 13.0. The third-order valence-electron chi connectivity index (χ3n) is 5.80. The Morgan fingerprint density at radius 1 is 1.22 bits per heavy atom. The van der Waals surface area contributed by atoms with Crippen molar-refractivity contribution in [3.8, 4) is 0 Å². The Labute approximate surface area is 167 Å². The second kappa shape index (κ2) is 9.49. The van der Waals surface area contributed by atoms with Crippen molar-refractivity contribution in [3.63, 3.8) is 0 Å². The minimum atomic E-state index is -3.36. The molecule has 0 aliphatic carbocycles. The Morgan fingerprint density at radius 2 is 2.00 bits per heavy atom. The van der Waals surface area contributed by atoms with Crippen molar-refractivity contribution >= 4 is 27.3 Å². The van der Waals surface area contributed by atoms with Gasteiger partial charge in [0.1, 0.15) is 4.21 Å². The minimum absolute atomic E-state index is 0.0965. The molecule has 3 rings (SSSR count). The molecule has 2 fully saturated rings. The molecule has 27 heavy (non-hydrogen) atoms. The van der Waals surface area contributed by atoms with Crippen LogP contribution in [-0.2, 0) is 14.8 Å². The Morgan fingerprint density at radius 3 is 2.67 bits per heavy atom. The first kappa shape index (κ1) is 20.8. The number of sulfonamides is 1. The van der Waals surface area contributed by atoms with Gasteiger partial charge in [-0.2, -0.15) is 4.31 Å². The number of hydrogen-bond acceptors (Lipinski definition) is 5. The van der Waals surface area contributed by atoms with Crippen LogP contribution in [0.25, 0.3) is 0 Å². The van der Waals surface area contributed by atoms with E-state index in [0.717, 1.165) is 25.9 Å². The molecule has 1 unspecified atom stereocenters. The minimum Gasteiger partial charge on any atom is -0.355 e. The molecule has 1 N–H and O–H groups in total. The topological polar surface area (TPSA) is 69.7 Å². The Balaban J connectivity index is 1.37. The summed E-state index contributed by atoms with van der Waals surface area (Å²) < 4.78 is 27.1. The van der Waals surface area contributed by atoms with Gasteiger partial charge >= 0.3 is 0 Å². The maximum absolute atomic E-state index is 12.5. The normalized spacial score (nSPS) is 23.4. The maximum Gasteiger partial charge on any atom is 0.252 e. The Bertz CT molecular complexity index is 698. The lowest BCUT2D eigenvalue weighted by Gasteiger charge is -2.33. The van der Waals surface area contributed by atoms with E-state index < -0.39 is 10.0 Å². The highest BCUT2D eigenvalue weighted by Crippen LogP contribution is 2.27. The van der Waals surface area contributed by atoms with Gasteiger partial charge in [-0.15, -0.1) is 11.3 Å². The fraction of sp³-hybridized carbons (Fsp3) is 0.737. The molecule has 0 aromatic carbocycles. The van der Waals surface area contributed by atoms with Gasteiger partial charge < -0.3 is 5.32 Å². The van der Waals surface area contributed by atoms with Gasteiger partial charge in [-0.1, -0.05) is 12.5 Å². The molecule has 3 heterocycles. The number of nitrogens with one attached hydrogen (secondary N) is 1. The van der Waals surface area contributed by atoms with Crippen LogP contribution >= 0.6 is 11.3 Å². The van der Waals surface area contributed by atoms with Gasteiger partial charge in [0, 0.05) is 38.6 Å². The molecule has 2 saturated heterocycles. The summed E-state index contributed by atoms with van der Waals surface area (Å²) in [5, 5.41) is 4.84. The van der Waals surface area contributed by atoms with Gasteiger partial charge in [0.15, 0.2) is 0 Å². The van der Waals surface area contributed by atoms with E-state index in [1.807, 2.05) is 0 Å². The van der Waals surface area contributed by atoms with Crippen LogP contribution in [0.15, 0.2) is 21.7 Å². The number of likely N-dealkylation sites (tertiary alicyclic amines) is 1. The zero-order valence-corrected chi connectivity index (χ0v) is 17.7. The van der Waals surface area contributed by atoms with E-state index >= 15 is 0 Å². The SMILES string of the molecule is CC1CCCCN1CCNC(=O)CC1CCN(S(=O)(=O)c2cccs2)CC1. The van der Waals surface area contributed by atoms with Crippen molar-refractivity contribution in [1.82, 2.24) is 14.5 Å². The number of carbonyl (C=O) groups excluding carboxylic acids is 1. The van der Waals surface area contributed by atoms with Crippen LogP contribution in [-0.4, -0.2) is 62.3 Å². The lowest BCUT2D eigenvalue weighted by Crippen LogP contribution is -2.43. The van der Waals surface area contributed by atoms with E-state index in [2.05, 4.69) is 17.1 Å². The van der Waals surface area contributed by atoms with Crippen LogP contribution in [0.5, 0.6) is 0 Å². The highest BCUT2D eigenvalue weighted by Gasteiger charge is 2.30. The molecule has 2 aliphatic heterocycles. The third-order valence-corrected chi connectivity index (χ3v) is 9.07. The number of hydrogen-bond donors (Lipinski definition) is 1. The van der Waals surface area contributed by atoms with E-state index in [1.165, 1.54) is 30.6 Å². The molecule has 0 saturated carbocycles. The largest absolute Gasteiger partial charge is 0.355 e. The predicted octanol–water partition coefficient (Wildman–Crippen LogP) is 2.53. The third kappa shape index (κ3) is 5.53. The smallest absolute Gasteiger partial charge is 0.252 e. The summed E-state index contributed by atoms with van der Waals surface area (Å²) >= 11 is 1.26. The summed E-state index contributed by atoms with van der Waals surface area (Å²) in [6.07, 6.45) is 5.82. The van der Waals surface area contributed by atoms with Gasteiger partial charge in [-0.25, -0.2) is 8.42 Å². The number of amides is 1. The zero-order chi connectivity index (χ0) is 19.3. The first-order valence-electron chi connectivity index (χ1n) is 10.0. The molecule has 0 spiro atoms. The summed E-state index contributed by atoms with van der Waals surface area (Å²) in [7, 11) is -3.36. The summed E-state index contributed by atoms with van der Waals surface area (Å²) in [4.78, 5) is 14.7. The van der Waals surface area contributed by atoms with Gasteiger partial charge in [0.05, 0.1) is 0 Å². The van der Waals surface area contributed by atoms with E-state index in [9.17, 15) is 13.2 Å². The molecule has 2 aliphatic rings. The Kier molecular flexibility index (Phi) is 7.30. The summed E-state index contributed by atoms with van der Waals surface area (Å²) in [5.41, 5.74) is 0. The average molecular weight is 414 g/mol. The number of thiophene rings is 1. The number of carbonyl (C=O) groups is 1. The molecule has 1 atom stereocenters. The van der Waals surface area contributed by atoms with Crippen molar-refractivity contribution in [2.24, 2.45) is 5.92 Å². The predicted molar refractivity (Wildman–Crippen MR) is 108 cm³/mol. The maximum atomic E-state index is 12.5. The van der Waals surface area contributed by atoms with E-state index in [1.54, 1.807) is 21.8 Å². The van der Waals surface area contributed by atoms with Crippen molar-refractivity contribution in [2.75, 3.05) is 32.7 Å². The fourth-order valence-electron chi connectivity index (χ4n) is 4.05. The zero-order valence-electron chi connectivity index (χ0n) is 16.1. The molecule has 0 bridgehead atoms. The van der Waals surface area contributed by atoms with E-state index in [-0.39, 0.29) is 11.8 Å². The van der Waals surface area contributed by atoms with Crippen LogP contribution in [0.2, 0.25) is 0 Å². The van der Waals surface area contributed by atoms with Gasteiger partial charge in [-0.05, 0) is 56.5 Å². The van der Waals surface area contributed by atoms with Crippen molar-refractivity contribution in [2.45, 2.75) is 55.7 Å². The molecular weight excluding hydrogens is 382 g/mol. The van der Waals surface area contributed by atoms with Crippen LogP contribution in [0.3, 0.4) is 0 Å². The first-order valence-corrected chi connectivity index (χ1v) is 12.3. The molecule has 0 radical (unpaired) electrons. The highest BCUT2D eigenvalue weighted by atomic mass is 32.2. The molecular formula is C19H31N3O3S2. The lowest BCUT2D eigenvalue weighted by atomic mass is 9.94. The van der Waals surface area contributed by atoms with Crippen LogP contribution < -0.4 is 5.32 Å². The quantitative estimate of drug-likeness (QED) is 0.746. The summed E-state index contributed by atoms with van der Waals surface area (Å²) in [6, 6.07) is 4.03. The summed E-state index contributed by atoms with van der Waals surface area (Å²) in [5.74, 6) is 0.368. The van der Waals surface area contributed by atoms with Gasteiger partial charge in [0.2, 0.25) is 5.91 Å². The average Bonchev–Trinajstić information content (AvgIpc) is 3.19. The monoisotopic (exact) mass is 413 g/mol. The van der Waals surface area contributed by atoms with E-state index in [4.69, 9.17) is 0 Å². The second-order valence-electron chi connectivity index (χ2n) is 7.71. The van der Waals surface area contributed by atoms with Gasteiger partial charge in [-0.3, -0.25) is 9.69 Å². The van der Waals surface area contributed by atoms with Crippen molar-refractivity contribution in [3.05, 3.63) is 17.5 Å². The molecule has 6 nitrogen and oxygen atoms in total. The molecule has 152 valence electrons. The Hall–Kier alpha value is -0.960. The number of nitrogens with zero attached hydrogens (tertiary/aromatic N) is 2. The van der Waals surface area contributed by atoms with E-state index in [0.29, 0.717) is 36.3 Å². The van der Waals surface area contributed by atoms with Crippen LogP contribution in [0.1, 0.15) is 45.4 Å². The molecule has 8 heteroatoms. The lowest BCUT2D eigenvalue weighted by molar-refractivity contribution is -0.122. The fourth-order valence-corrected chi connectivity index (χ4v) is 6.67. The van der Waals surface area contributed by atoms with Crippen LogP contribution in [0.4, 0.5) is 0 Å². The molecule has 1 aromatic rings. The molecule has 1 amide bonds. The van der Waals surface area contributed by atoms with Crippen LogP contribution in [0, 0.1) is 5.92 Å². The van der Waals surface area contributed by atoms with Crippen molar-refractivity contribution in [1.29, 1.82) is 0 Å².